The Balaban J connectivity index is 3.45. The average Bonchev–Trinajstić information content (AvgIpc) is 2.78. The van der Waals surface area contributed by atoms with Crippen LogP contribution in [0.25, 0.3) is 0 Å². The van der Waals surface area contributed by atoms with Crippen LogP contribution in [0.3, 0.4) is 0 Å². The highest BCUT2D eigenvalue weighted by Gasteiger charge is 2.21. The largest absolute Gasteiger partial charge is 0.481 e. The molecule has 1 N–H and O–H groups in total. The zero-order valence-corrected chi connectivity index (χ0v) is 20.8. The van der Waals surface area contributed by atoms with Crippen LogP contribution < -0.4 is 0 Å². The number of carbonyl (C=O) groups is 2. The minimum atomic E-state index is -0.906. The van der Waals surface area contributed by atoms with Crippen molar-refractivity contribution in [3.05, 3.63) is 24.8 Å². The number of allylic oxidation sites excluding steroid dienone is 2. The molecule has 32 heavy (non-hydrogen) atoms. The first-order valence-corrected chi connectivity index (χ1v) is 13.3. The van der Waals surface area contributed by atoms with Gasteiger partial charge in [-0.25, -0.2) is 0 Å². The summed E-state index contributed by atoms with van der Waals surface area (Å²) in [5, 5.41) is 9.27. The van der Waals surface area contributed by atoms with Crippen LogP contribution in [0, 0.1) is 5.92 Å². The minimum absolute atomic E-state index is 0.0459. The molecule has 0 fully saturated rings. The Kier molecular flexibility index (Phi) is 22.9. The van der Waals surface area contributed by atoms with E-state index in [1.165, 1.54) is 96.0 Å². The molecule has 0 aliphatic rings. The van der Waals surface area contributed by atoms with Crippen molar-refractivity contribution in [2.45, 2.75) is 129 Å². The van der Waals surface area contributed by atoms with Crippen LogP contribution in [0.4, 0.5) is 0 Å². The van der Waals surface area contributed by atoms with Crippen molar-refractivity contribution in [2.75, 3.05) is 6.61 Å². The van der Waals surface area contributed by atoms with Crippen LogP contribution in [-0.2, 0) is 14.3 Å². The van der Waals surface area contributed by atoms with E-state index in [0.717, 1.165) is 19.3 Å². The Morgan fingerprint density at radius 1 is 0.781 bits per heavy atom. The standard InChI is InChI=1S/C28H50O4/c1-3-5-6-7-8-9-10-11-12-13-14-15-16-17-18-19-20-21-22-23-26(28(30)31)25-27(29)32-24-4-2/h4,13-14,26H,2-3,5-12,15-25H2,1H3,(H,30,31)/b14-13+. The Labute approximate surface area is 197 Å². The van der Waals surface area contributed by atoms with E-state index in [0.29, 0.717) is 6.42 Å². The highest BCUT2D eigenvalue weighted by molar-refractivity contribution is 5.78. The zero-order valence-electron chi connectivity index (χ0n) is 20.8. The molecule has 0 radical (unpaired) electrons. The van der Waals surface area contributed by atoms with Gasteiger partial charge in [-0.3, -0.25) is 9.59 Å². The number of unbranched alkanes of at least 4 members (excludes halogenated alkanes) is 15. The summed E-state index contributed by atoms with van der Waals surface area (Å²) >= 11 is 0. The van der Waals surface area contributed by atoms with Gasteiger partial charge < -0.3 is 9.84 Å². The highest BCUT2D eigenvalue weighted by Crippen LogP contribution is 2.17. The van der Waals surface area contributed by atoms with Gasteiger partial charge in [0.2, 0.25) is 0 Å². The third kappa shape index (κ3) is 21.6. The molecule has 0 saturated heterocycles. The summed E-state index contributed by atoms with van der Waals surface area (Å²) in [6, 6.07) is 0. The second-order valence-corrected chi connectivity index (χ2v) is 9.00. The van der Waals surface area contributed by atoms with E-state index in [1.807, 2.05) is 0 Å². The molecule has 0 spiro atoms. The fraction of sp³-hybridized carbons (Fsp3) is 0.786. The van der Waals surface area contributed by atoms with Gasteiger partial charge in [-0.1, -0.05) is 115 Å². The van der Waals surface area contributed by atoms with Crippen molar-refractivity contribution >= 4 is 11.9 Å². The number of ether oxygens (including phenoxy) is 1. The summed E-state index contributed by atoms with van der Waals surface area (Å²) in [5.74, 6) is -2.00. The second-order valence-electron chi connectivity index (χ2n) is 9.00. The first-order chi connectivity index (χ1) is 15.6. The molecular weight excluding hydrogens is 400 g/mol. The van der Waals surface area contributed by atoms with Gasteiger partial charge in [0.05, 0.1) is 12.3 Å². The molecule has 0 aliphatic heterocycles. The Morgan fingerprint density at radius 3 is 1.72 bits per heavy atom. The molecule has 0 aromatic rings. The van der Waals surface area contributed by atoms with Crippen molar-refractivity contribution in [1.82, 2.24) is 0 Å². The average molecular weight is 451 g/mol. The number of hydrogen-bond donors (Lipinski definition) is 1. The molecule has 0 aromatic carbocycles. The van der Waals surface area contributed by atoms with Gasteiger partial charge in [-0.2, -0.15) is 0 Å². The summed E-state index contributed by atoms with van der Waals surface area (Å²) < 4.78 is 4.89. The van der Waals surface area contributed by atoms with Crippen molar-refractivity contribution in [3.63, 3.8) is 0 Å². The summed E-state index contributed by atoms with van der Waals surface area (Å²) in [6.45, 7) is 5.89. The van der Waals surface area contributed by atoms with E-state index >= 15 is 0 Å². The molecule has 4 nitrogen and oxygen atoms in total. The second kappa shape index (κ2) is 24.1. The number of aliphatic carboxylic acids is 1. The lowest BCUT2D eigenvalue weighted by Crippen LogP contribution is -2.19. The minimum Gasteiger partial charge on any atom is -0.481 e. The molecule has 1 atom stereocenters. The van der Waals surface area contributed by atoms with Crippen molar-refractivity contribution in [2.24, 2.45) is 5.92 Å². The summed E-state index contributed by atoms with van der Waals surface area (Å²) in [6.07, 6.45) is 28.2. The van der Waals surface area contributed by atoms with Crippen LogP contribution in [0.5, 0.6) is 0 Å². The van der Waals surface area contributed by atoms with Gasteiger partial charge in [-0.15, -0.1) is 0 Å². The van der Waals surface area contributed by atoms with Gasteiger partial charge in [-0.05, 0) is 32.1 Å². The highest BCUT2D eigenvalue weighted by atomic mass is 16.5. The number of carbonyl (C=O) groups excluding carboxylic acids is 1. The molecule has 0 saturated carbocycles. The molecule has 4 heteroatoms. The molecule has 0 bridgehead atoms. The molecular formula is C28H50O4. The predicted molar refractivity (Wildman–Crippen MR) is 135 cm³/mol. The lowest BCUT2D eigenvalue weighted by atomic mass is 9.97. The monoisotopic (exact) mass is 450 g/mol. The normalized spacial score (nSPS) is 12.2. The Morgan fingerprint density at radius 2 is 1.25 bits per heavy atom. The fourth-order valence-corrected chi connectivity index (χ4v) is 3.89. The molecule has 1 unspecified atom stereocenters. The first-order valence-electron chi connectivity index (χ1n) is 13.3. The number of esters is 1. The molecule has 0 heterocycles. The van der Waals surface area contributed by atoms with Gasteiger partial charge in [0, 0.05) is 0 Å². The lowest BCUT2D eigenvalue weighted by Gasteiger charge is -2.11. The van der Waals surface area contributed by atoms with Gasteiger partial charge >= 0.3 is 11.9 Å². The van der Waals surface area contributed by atoms with E-state index in [-0.39, 0.29) is 13.0 Å². The van der Waals surface area contributed by atoms with E-state index < -0.39 is 17.9 Å². The van der Waals surface area contributed by atoms with Gasteiger partial charge in [0.25, 0.3) is 0 Å². The molecule has 186 valence electrons. The van der Waals surface area contributed by atoms with Crippen molar-refractivity contribution in [3.8, 4) is 0 Å². The van der Waals surface area contributed by atoms with Crippen LogP contribution in [0.15, 0.2) is 24.8 Å². The fourth-order valence-electron chi connectivity index (χ4n) is 3.89. The predicted octanol–water partition coefficient (Wildman–Crippen LogP) is 8.40. The maximum Gasteiger partial charge on any atom is 0.307 e. The van der Waals surface area contributed by atoms with Gasteiger partial charge in [0.1, 0.15) is 6.61 Å². The summed E-state index contributed by atoms with van der Waals surface area (Å²) in [4.78, 5) is 22.9. The van der Waals surface area contributed by atoms with Crippen molar-refractivity contribution in [1.29, 1.82) is 0 Å². The number of rotatable bonds is 24. The van der Waals surface area contributed by atoms with Gasteiger partial charge in [0.15, 0.2) is 0 Å². The molecule has 0 aromatic heterocycles. The van der Waals surface area contributed by atoms with E-state index in [1.54, 1.807) is 0 Å². The zero-order chi connectivity index (χ0) is 23.7. The third-order valence-electron chi connectivity index (χ3n) is 5.94. The van der Waals surface area contributed by atoms with Crippen LogP contribution in [0.1, 0.15) is 129 Å². The molecule has 0 rings (SSSR count). The van der Waals surface area contributed by atoms with Crippen molar-refractivity contribution < 1.29 is 19.4 Å². The molecule has 0 amide bonds. The van der Waals surface area contributed by atoms with Crippen LogP contribution >= 0.6 is 0 Å². The smallest absolute Gasteiger partial charge is 0.307 e. The third-order valence-corrected chi connectivity index (χ3v) is 5.94. The maximum atomic E-state index is 11.6. The Bertz CT molecular complexity index is 484. The summed E-state index contributed by atoms with van der Waals surface area (Å²) in [5.41, 5.74) is 0. The Hall–Kier alpha value is -1.58. The number of carboxylic acid groups (broad SMARTS) is 1. The summed E-state index contributed by atoms with van der Waals surface area (Å²) in [7, 11) is 0. The van der Waals surface area contributed by atoms with E-state index in [9.17, 15) is 14.7 Å². The SMILES string of the molecule is C=CCOC(=O)CC(CCCCCCCCC/C=C/CCCCCCCCCC)C(=O)O. The molecule has 0 aliphatic carbocycles. The number of hydrogen-bond acceptors (Lipinski definition) is 3. The van der Waals surface area contributed by atoms with E-state index in [2.05, 4.69) is 25.7 Å². The maximum absolute atomic E-state index is 11.6. The van der Waals surface area contributed by atoms with E-state index in [4.69, 9.17) is 4.74 Å². The first kappa shape index (κ1) is 30.4. The lowest BCUT2D eigenvalue weighted by molar-refractivity contribution is -0.151. The quantitative estimate of drug-likeness (QED) is 0.0910. The van der Waals surface area contributed by atoms with Crippen LogP contribution in [-0.4, -0.2) is 23.7 Å². The topological polar surface area (TPSA) is 63.6 Å². The number of carboxylic acids is 1. The van der Waals surface area contributed by atoms with Crippen LogP contribution in [0.2, 0.25) is 0 Å².